The molecule has 0 unspecified atom stereocenters. The minimum Gasteiger partial charge on any atom is -0.444 e. The second-order valence-electron chi connectivity index (χ2n) is 5.03. The maximum Gasteiger partial charge on any atom is 0.410 e. The van der Waals surface area contributed by atoms with E-state index < -0.39 is 5.60 Å². The number of Topliss-reactive ketones (excluding diaryl/α,β-unsaturated/α-hetero) is 1. The Labute approximate surface area is 90.6 Å². The highest BCUT2D eigenvalue weighted by Gasteiger charge is 2.30. The number of nitrogens with zero attached hydrogens (tertiary/aromatic N) is 1. The first-order valence-corrected chi connectivity index (χ1v) is 5.27. The third-order valence-corrected chi connectivity index (χ3v) is 2.45. The van der Waals surface area contributed by atoms with Crippen molar-refractivity contribution in [1.29, 1.82) is 0 Å². The van der Waals surface area contributed by atoms with E-state index >= 15 is 0 Å². The van der Waals surface area contributed by atoms with Crippen molar-refractivity contribution in [2.75, 3.05) is 7.05 Å². The van der Waals surface area contributed by atoms with Crippen LogP contribution in [0.5, 0.6) is 0 Å². The number of ether oxygens (including phenoxy) is 1. The molecule has 0 spiro atoms. The maximum absolute atomic E-state index is 11.6. The maximum atomic E-state index is 11.6. The van der Waals surface area contributed by atoms with Crippen LogP contribution in [0.1, 0.15) is 40.0 Å². The largest absolute Gasteiger partial charge is 0.444 e. The zero-order valence-electron chi connectivity index (χ0n) is 9.87. The molecule has 4 heteroatoms. The van der Waals surface area contributed by atoms with Crippen LogP contribution in [0.25, 0.3) is 0 Å². The molecule has 4 nitrogen and oxygen atoms in total. The van der Waals surface area contributed by atoms with E-state index in [0.29, 0.717) is 12.8 Å². The van der Waals surface area contributed by atoms with E-state index in [1.807, 2.05) is 20.8 Å². The number of amides is 1. The van der Waals surface area contributed by atoms with Crippen molar-refractivity contribution >= 4 is 11.9 Å². The fourth-order valence-corrected chi connectivity index (χ4v) is 1.61. The van der Waals surface area contributed by atoms with Crippen molar-refractivity contribution in [2.45, 2.75) is 51.7 Å². The van der Waals surface area contributed by atoms with Crippen molar-refractivity contribution in [2.24, 2.45) is 0 Å². The summed E-state index contributed by atoms with van der Waals surface area (Å²) in [7, 11) is 1.69. The van der Waals surface area contributed by atoms with Gasteiger partial charge in [0.05, 0.1) is 0 Å². The minimum absolute atomic E-state index is 0.0207. The number of carbonyl (C=O) groups is 2. The average molecular weight is 213 g/mol. The van der Waals surface area contributed by atoms with E-state index in [1.54, 1.807) is 7.05 Å². The lowest BCUT2D eigenvalue weighted by Crippen LogP contribution is -2.39. The summed E-state index contributed by atoms with van der Waals surface area (Å²) < 4.78 is 5.22. The number of carbonyl (C=O) groups excluding carboxylic acids is 2. The Hall–Kier alpha value is -1.06. The molecule has 1 saturated carbocycles. The van der Waals surface area contributed by atoms with Crippen LogP contribution in [-0.4, -0.2) is 35.5 Å². The lowest BCUT2D eigenvalue weighted by Gasteiger charge is -2.28. The third-order valence-electron chi connectivity index (χ3n) is 2.45. The molecule has 0 aromatic rings. The molecule has 1 atom stereocenters. The molecule has 0 heterocycles. The monoisotopic (exact) mass is 213 g/mol. The smallest absolute Gasteiger partial charge is 0.410 e. The third kappa shape index (κ3) is 3.53. The lowest BCUT2D eigenvalue weighted by atomic mass is 10.2. The number of hydrogen-bond acceptors (Lipinski definition) is 3. The molecule has 0 bridgehead atoms. The number of rotatable bonds is 1. The van der Waals surface area contributed by atoms with E-state index in [-0.39, 0.29) is 17.9 Å². The molecule has 0 aromatic heterocycles. The summed E-state index contributed by atoms with van der Waals surface area (Å²) in [5.41, 5.74) is -0.478. The summed E-state index contributed by atoms with van der Waals surface area (Å²) in [5, 5.41) is 0. The summed E-state index contributed by atoms with van der Waals surface area (Å²) in [6, 6.07) is 0.0207. The first kappa shape index (κ1) is 12.0. The zero-order valence-corrected chi connectivity index (χ0v) is 9.87. The number of hydrogen-bond donors (Lipinski definition) is 0. The molecular weight excluding hydrogens is 194 g/mol. The van der Waals surface area contributed by atoms with Gasteiger partial charge in [-0.15, -0.1) is 0 Å². The summed E-state index contributed by atoms with van der Waals surface area (Å²) in [6.07, 6.45) is 1.46. The van der Waals surface area contributed by atoms with Crippen molar-refractivity contribution in [3.05, 3.63) is 0 Å². The lowest BCUT2D eigenvalue weighted by molar-refractivity contribution is -0.117. The van der Waals surface area contributed by atoms with Crippen LogP contribution < -0.4 is 0 Å². The van der Waals surface area contributed by atoms with E-state index in [0.717, 1.165) is 6.42 Å². The molecule has 0 radical (unpaired) electrons. The fourth-order valence-electron chi connectivity index (χ4n) is 1.61. The molecule has 1 rings (SSSR count). The SMILES string of the molecule is CN(C(=O)OC(C)(C)C)[C@@H]1CCC(=O)C1. The first-order valence-electron chi connectivity index (χ1n) is 5.27. The van der Waals surface area contributed by atoms with Gasteiger partial charge in [0, 0.05) is 25.9 Å². The Bertz CT molecular complexity index is 267. The van der Waals surface area contributed by atoms with Gasteiger partial charge in [-0.2, -0.15) is 0 Å². The standard InChI is InChI=1S/C11H19NO3/c1-11(2,3)15-10(14)12(4)8-5-6-9(13)7-8/h8H,5-7H2,1-4H3/t8-/m1/s1. The Morgan fingerprint density at radius 2 is 2.07 bits per heavy atom. The molecule has 15 heavy (non-hydrogen) atoms. The first-order chi connectivity index (χ1) is 6.79. The van der Waals surface area contributed by atoms with Gasteiger partial charge in [0.15, 0.2) is 0 Å². The molecule has 0 N–H and O–H groups in total. The van der Waals surface area contributed by atoms with Crippen LogP contribution in [0.3, 0.4) is 0 Å². The second-order valence-corrected chi connectivity index (χ2v) is 5.03. The predicted molar refractivity (Wildman–Crippen MR) is 56.6 cm³/mol. The van der Waals surface area contributed by atoms with Crippen molar-refractivity contribution in [3.8, 4) is 0 Å². The second kappa shape index (κ2) is 4.21. The zero-order chi connectivity index (χ0) is 11.6. The predicted octanol–water partition coefficient (Wildman–Crippen LogP) is 1.97. The highest BCUT2D eigenvalue weighted by Crippen LogP contribution is 2.21. The van der Waals surface area contributed by atoms with Gasteiger partial charge in [-0.05, 0) is 27.2 Å². The molecule has 1 aliphatic carbocycles. The summed E-state index contributed by atoms with van der Waals surface area (Å²) in [5.74, 6) is 0.232. The van der Waals surface area contributed by atoms with E-state index in [1.165, 1.54) is 4.90 Å². The van der Waals surface area contributed by atoms with Crippen LogP contribution >= 0.6 is 0 Å². The topological polar surface area (TPSA) is 46.6 Å². The summed E-state index contributed by atoms with van der Waals surface area (Å²) >= 11 is 0. The molecule has 0 aromatic carbocycles. The number of ketones is 1. The normalized spacial score (nSPS) is 21.6. The van der Waals surface area contributed by atoms with Gasteiger partial charge in [0.25, 0.3) is 0 Å². The van der Waals surface area contributed by atoms with E-state index in [4.69, 9.17) is 4.74 Å². The van der Waals surface area contributed by atoms with Gasteiger partial charge in [0.2, 0.25) is 0 Å². The minimum atomic E-state index is -0.478. The molecule has 1 fully saturated rings. The van der Waals surface area contributed by atoms with Crippen molar-refractivity contribution in [3.63, 3.8) is 0 Å². The highest BCUT2D eigenvalue weighted by atomic mass is 16.6. The summed E-state index contributed by atoms with van der Waals surface area (Å²) in [6.45, 7) is 5.50. The van der Waals surface area contributed by atoms with E-state index in [9.17, 15) is 9.59 Å². The molecule has 1 amide bonds. The van der Waals surface area contributed by atoms with Crippen LogP contribution in [0, 0.1) is 0 Å². The van der Waals surface area contributed by atoms with Crippen molar-refractivity contribution in [1.82, 2.24) is 4.90 Å². The molecule has 0 saturated heterocycles. The van der Waals surface area contributed by atoms with Gasteiger partial charge in [-0.3, -0.25) is 4.79 Å². The Balaban J connectivity index is 2.50. The molecular formula is C11H19NO3. The van der Waals surface area contributed by atoms with Crippen LogP contribution in [0.2, 0.25) is 0 Å². The Morgan fingerprint density at radius 1 is 1.47 bits per heavy atom. The van der Waals surface area contributed by atoms with Gasteiger partial charge >= 0.3 is 6.09 Å². The van der Waals surface area contributed by atoms with Crippen LogP contribution in [-0.2, 0) is 9.53 Å². The Morgan fingerprint density at radius 3 is 2.47 bits per heavy atom. The highest BCUT2D eigenvalue weighted by molar-refractivity contribution is 5.82. The van der Waals surface area contributed by atoms with E-state index in [2.05, 4.69) is 0 Å². The van der Waals surface area contributed by atoms with Gasteiger partial charge in [-0.25, -0.2) is 4.79 Å². The molecule has 1 aliphatic rings. The average Bonchev–Trinajstić information content (AvgIpc) is 2.47. The fraction of sp³-hybridized carbons (Fsp3) is 0.818. The molecule has 0 aliphatic heterocycles. The van der Waals surface area contributed by atoms with Crippen LogP contribution in [0.4, 0.5) is 4.79 Å². The van der Waals surface area contributed by atoms with Crippen LogP contribution in [0.15, 0.2) is 0 Å². The quantitative estimate of drug-likeness (QED) is 0.669. The summed E-state index contributed by atoms with van der Waals surface area (Å²) in [4.78, 5) is 24.3. The van der Waals surface area contributed by atoms with Gasteiger partial charge in [-0.1, -0.05) is 0 Å². The van der Waals surface area contributed by atoms with Gasteiger partial charge in [0.1, 0.15) is 11.4 Å². The molecule has 86 valence electrons. The van der Waals surface area contributed by atoms with Crippen molar-refractivity contribution < 1.29 is 14.3 Å². The Kier molecular flexibility index (Phi) is 3.37. The van der Waals surface area contributed by atoms with Gasteiger partial charge < -0.3 is 9.64 Å².